The van der Waals surface area contributed by atoms with Crippen molar-refractivity contribution in [3.8, 4) is 11.5 Å². The van der Waals surface area contributed by atoms with E-state index in [0.717, 1.165) is 28.6 Å². The number of hydrogen-bond donors (Lipinski definition) is 2. The van der Waals surface area contributed by atoms with Crippen LogP contribution < -0.4 is 14.2 Å². The normalized spacial score (nSPS) is 18.3. The second-order valence-electron chi connectivity index (χ2n) is 10.3. The van der Waals surface area contributed by atoms with Crippen molar-refractivity contribution in [2.45, 2.75) is 35.8 Å². The molecular weight excluding hydrogens is 601 g/mol. The molecule has 0 aromatic heterocycles. The van der Waals surface area contributed by atoms with Gasteiger partial charge in [0.1, 0.15) is 17.7 Å². The topological polar surface area (TPSA) is 143 Å². The maximum absolute atomic E-state index is 13.7. The smallest absolute Gasteiger partial charge is 0.262 e. The minimum absolute atomic E-state index is 0.0265. The maximum Gasteiger partial charge on any atom is 0.262 e. The van der Waals surface area contributed by atoms with Crippen LogP contribution in [0.3, 0.4) is 0 Å². The number of carbonyl (C=O) groups is 1. The SMILES string of the molecule is COc1ccc(S(=O)(=O)Nc2cccc3c2O[C@H](CN(C)S(=O)(=O)c2ccc(F)cc2)[C@H](C)CN([C@H](C)CO)C3=O)cc1. The summed E-state index contributed by atoms with van der Waals surface area (Å²) < 4.78 is 81.7. The number of carbonyl (C=O) groups excluding carboxylic acids is 1. The third-order valence-corrected chi connectivity index (χ3v) is 10.5. The lowest BCUT2D eigenvalue weighted by Crippen LogP contribution is -2.50. The number of fused-ring (bicyclic) bond motifs is 1. The molecule has 3 aromatic rings. The van der Waals surface area contributed by atoms with Gasteiger partial charge in [-0.15, -0.1) is 0 Å². The minimum atomic E-state index is -4.15. The Hall–Kier alpha value is -3.72. The number of para-hydroxylation sites is 1. The monoisotopic (exact) mass is 635 g/mol. The first-order valence-corrected chi connectivity index (χ1v) is 16.3. The Kier molecular flexibility index (Phi) is 9.64. The average Bonchev–Trinajstić information content (AvgIpc) is 2.98. The van der Waals surface area contributed by atoms with Crippen molar-refractivity contribution in [3.05, 3.63) is 78.1 Å². The summed E-state index contributed by atoms with van der Waals surface area (Å²) in [5.41, 5.74) is 0.0117. The zero-order chi connectivity index (χ0) is 31.5. The van der Waals surface area contributed by atoms with Crippen LogP contribution in [0.25, 0.3) is 0 Å². The molecule has 1 aliphatic heterocycles. The van der Waals surface area contributed by atoms with E-state index in [9.17, 15) is 31.1 Å². The highest BCUT2D eigenvalue weighted by Gasteiger charge is 2.36. The second-order valence-corrected chi connectivity index (χ2v) is 14.1. The van der Waals surface area contributed by atoms with E-state index in [4.69, 9.17) is 9.47 Å². The summed E-state index contributed by atoms with van der Waals surface area (Å²) in [5.74, 6) is -1.15. The summed E-state index contributed by atoms with van der Waals surface area (Å²) in [5, 5.41) is 9.90. The van der Waals surface area contributed by atoms with E-state index in [-0.39, 0.29) is 46.5 Å². The summed E-state index contributed by atoms with van der Waals surface area (Å²) in [6.45, 7) is 3.04. The molecular formula is C29H34FN3O8S2. The number of aliphatic hydroxyl groups excluding tert-OH is 1. The molecule has 0 saturated carbocycles. The number of methoxy groups -OCH3 is 1. The Bertz CT molecular complexity index is 1670. The highest BCUT2D eigenvalue weighted by Crippen LogP contribution is 2.36. The summed E-state index contributed by atoms with van der Waals surface area (Å²) >= 11 is 0. The first-order chi connectivity index (χ1) is 20.3. The standard InChI is InChI=1S/C29H34FN3O8S2/c1-19-16-33(20(2)18-34)29(35)25-6-5-7-26(31-42(36,37)23-14-10-22(40-4)11-15-23)28(25)41-27(19)17-32(3)43(38,39)24-12-8-21(30)9-13-24/h5-15,19-20,27,31,34H,16-18H2,1-4H3/t19-,20-,27-/m1/s1. The Balaban J connectivity index is 1.75. The van der Waals surface area contributed by atoms with E-state index in [1.807, 2.05) is 0 Å². The van der Waals surface area contributed by atoms with E-state index in [0.29, 0.717) is 5.75 Å². The Morgan fingerprint density at radius 2 is 1.70 bits per heavy atom. The van der Waals surface area contributed by atoms with Crippen molar-refractivity contribution < 1.29 is 40.6 Å². The van der Waals surface area contributed by atoms with Crippen LogP contribution in [0.4, 0.5) is 10.1 Å². The molecule has 0 saturated heterocycles. The number of anilines is 1. The summed E-state index contributed by atoms with van der Waals surface area (Å²) in [7, 11) is -5.40. The number of nitrogens with zero attached hydrogens (tertiary/aromatic N) is 2. The van der Waals surface area contributed by atoms with Crippen LogP contribution in [0.5, 0.6) is 11.5 Å². The zero-order valence-corrected chi connectivity index (χ0v) is 25.7. The van der Waals surface area contributed by atoms with Gasteiger partial charge in [0.05, 0.1) is 47.3 Å². The molecule has 3 aromatic carbocycles. The summed E-state index contributed by atoms with van der Waals surface area (Å²) in [4.78, 5) is 15.0. The van der Waals surface area contributed by atoms with Gasteiger partial charge >= 0.3 is 0 Å². The van der Waals surface area contributed by atoms with Gasteiger partial charge < -0.3 is 19.5 Å². The molecule has 0 unspecified atom stereocenters. The van der Waals surface area contributed by atoms with Crippen LogP contribution >= 0.6 is 0 Å². The van der Waals surface area contributed by atoms with Gasteiger partial charge in [-0.25, -0.2) is 21.2 Å². The lowest BCUT2D eigenvalue weighted by Gasteiger charge is -2.38. The molecule has 11 nitrogen and oxygen atoms in total. The van der Waals surface area contributed by atoms with E-state index in [2.05, 4.69) is 4.72 Å². The number of benzene rings is 3. The van der Waals surface area contributed by atoms with Gasteiger partial charge in [-0.2, -0.15) is 4.31 Å². The minimum Gasteiger partial charge on any atom is -0.497 e. The Morgan fingerprint density at radius 3 is 2.30 bits per heavy atom. The number of likely N-dealkylation sites (N-methyl/N-ethyl adjacent to an activating group) is 1. The van der Waals surface area contributed by atoms with Crippen molar-refractivity contribution in [1.29, 1.82) is 0 Å². The van der Waals surface area contributed by atoms with E-state index < -0.39 is 49.8 Å². The van der Waals surface area contributed by atoms with E-state index in [1.54, 1.807) is 13.8 Å². The lowest BCUT2D eigenvalue weighted by molar-refractivity contribution is 0.0389. The fourth-order valence-electron chi connectivity index (χ4n) is 4.64. The Morgan fingerprint density at radius 1 is 1.07 bits per heavy atom. The molecule has 1 amide bonds. The highest BCUT2D eigenvalue weighted by molar-refractivity contribution is 7.92. The van der Waals surface area contributed by atoms with E-state index in [1.165, 1.54) is 61.5 Å². The van der Waals surface area contributed by atoms with Gasteiger partial charge in [0.15, 0.2) is 5.75 Å². The number of nitrogens with one attached hydrogen (secondary N) is 1. The largest absolute Gasteiger partial charge is 0.497 e. The van der Waals surface area contributed by atoms with Crippen molar-refractivity contribution in [1.82, 2.24) is 9.21 Å². The van der Waals surface area contributed by atoms with Gasteiger partial charge in [0, 0.05) is 19.5 Å². The van der Waals surface area contributed by atoms with Crippen molar-refractivity contribution in [2.24, 2.45) is 5.92 Å². The molecule has 0 spiro atoms. The third-order valence-electron chi connectivity index (χ3n) is 7.26. The van der Waals surface area contributed by atoms with Crippen molar-refractivity contribution >= 4 is 31.6 Å². The molecule has 0 bridgehead atoms. The fraction of sp³-hybridized carbons (Fsp3) is 0.345. The third kappa shape index (κ3) is 6.93. The number of aliphatic hydroxyl groups is 1. The number of ether oxygens (including phenoxy) is 2. The molecule has 1 heterocycles. The molecule has 2 N–H and O–H groups in total. The average molecular weight is 636 g/mol. The number of halogens is 1. The zero-order valence-electron chi connectivity index (χ0n) is 24.1. The van der Waals surface area contributed by atoms with Crippen LogP contribution in [-0.2, 0) is 20.0 Å². The van der Waals surface area contributed by atoms with Crippen LogP contribution in [0.2, 0.25) is 0 Å². The van der Waals surface area contributed by atoms with Gasteiger partial charge in [-0.3, -0.25) is 9.52 Å². The quantitative estimate of drug-likeness (QED) is 0.346. The number of sulfonamides is 2. The lowest BCUT2D eigenvalue weighted by atomic mass is 9.99. The second kappa shape index (κ2) is 12.9. The van der Waals surface area contributed by atoms with Crippen LogP contribution in [-0.4, -0.2) is 83.1 Å². The van der Waals surface area contributed by atoms with Crippen LogP contribution in [0, 0.1) is 11.7 Å². The van der Waals surface area contributed by atoms with Crippen molar-refractivity contribution in [2.75, 3.05) is 38.6 Å². The molecule has 1 aliphatic rings. The molecule has 4 rings (SSSR count). The number of rotatable bonds is 10. The highest BCUT2D eigenvalue weighted by atomic mass is 32.2. The predicted octanol–water partition coefficient (Wildman–Crippen LogP) is 3.18. The fourth-order valence-corrected chi connectivity index (χ4v) is 6.88. The number of amides is 1. The van der Waals surface area contributed by atoms with E-state index >= 15 is 0 Å². The molecule has 14 heteroatoms. The first kappa shape index (κ1) is 32.2. The van der Waals surface area contributed by atoms with Gasteiger partial charge in [0.2, 0.25) is 10.0 Å². The molecule has 3 atom stereocenters. The molecule has 232 valence electrons. The number of hydrogen-bond acceptors (Lipinski definition) is 8. The molecule has 43 heavy (non-hydrogen) atoms. The predicted molar refractivity (Wildman–Crippen MR) is 158 cm³/mol. The molecule has 0 fully saturated rings. The summed E-state index contributed by atoms with van der Waals surface area (Å²) in [6.07, 6.45) is -0.868. The van der Waals surface area contributed by atoms with Crippen molar-refractivity contribution in [3.63, 3.8) is 0 Å². The molecule has 0 radical (unpaired) electrons. The van der Waals surface area contributed by atoms with Gasteiger partial charge in [-0.05, 0) is 67.6 Å². The Labute approximate surface area is 250 Å². The van der Waals surface area contributed by atoms with Gasteiger partial charge in [0.25, 0.3) is 15.9 Å². The summed E-state index contributed by atoms with van der Waals surface area (Å²) in [6, 6.07) is 14.0. The maximum atomic E-state index is 13.7. The van der Waals surface area contributed by atoms with Crippen LogP contribution in [0.1, 0.15) is 24.2 Å². The van der Waals surface area contributed by atoms with Gasteiger partial charge in [-0.1, -0.05) is 13.0 Å². The first-order valence-electron chi connectivity index (χ1n) is 13.4. The molecule has 0 aliphatic carbocycles. The van der Waals surface area contributed by atoms with Crippen LogP contribution in [0.15, 0.2) is 76.5 Å².